The van der Waals surface area contributed by atoms with Gasteiger partial charge in [0.15, 0.2) is 0 Å². The number of nitrogens with zero attached hydrogens (tertiary/aromatic N) is 1. The predicted octanol–water partition coefficient (Wildman–Crippen LogP) is 4.07. The molecule has 8 heteroatoms. The molecule has 2 aromatic rings. The fraction of sp³-hybridized carbons (Fsp3) is 0.235. The molecule has 2 N–H and O–H groups in total. The Morgan fingerprint density at radius 1 is 1.20 bits per heavy atom. The molecule has 0 saturated heterocycles. The highest BCUT2D eigenvalue weighted by Crippen LogP contribution is 2.22. The summed E-state index contributed by atoms with van der Waals surface area (Å²) >= 11 is 5.85. The van der Waals surface area contributed by atoms with Crippen LogP contribution in [0.5, 0.6) is 0 Å². The zero-order valence-corrected chi connectivity index (χ0v) is 14.4. The van der Waals surface area contributed by atoms with E-state index in [9.17, 15) is 19.3 Å². The van der Waals surface area contributed by atoms with Crippen LogP contribution in [0.15, 0.2) is 42.5 Å². The Morgan fingerprint density at radius 2 is 1.84 bits per heavy atom. The molecule has 0 bridgehead atoms. The van der Waals surface area contributed by atoms with Gasteiger partial charge in [-0.1, -0.05) is 23.7 Å². The van der Waals surface area contributed by atoms with Crippen molar-refractivity contribution in [2.75, 3.05) is 5.32 Å². The fourth-order valence-corrected chi connectivity index (χ4v) is 2.41. The third-order valence-electron chi connectivity index (χ3n) is 3.67. The normalized spacial score (nSPS) is 13.1. The lowest BCUT2D eigenvalue weighted by molar-refractivity contribution is -0.387. The molecule has 132 valence electrons. The van der Waals surface area contributed by atoms with Gasteiger partial charge in [-0.05, 0) is 43.7 Å². The first kappa shape index (κ1) is 18.8. The number of benzene rings is 2. The maximum atomic E-state index is 13.3. The summed E-state index contributed by atoms with van der Waals surface area (Å²) in [7, 11) is 0. The number of carbonyl (C=O) groups excluding carboxylic acids is 1. The van der Waals surface area contributed by atoms with E-state index in [0.717, 1.165) is 17.7 Å². The van der Waals surface area contributed by atoms with Gasteiger partial charge in [-0.3, -0.25) is 20.2 Å². The van der Waals surface area contributed by atoms with Crippen LogP contribution in [0.4, 0.5) is 15.8 Å². The molecular formula is C17H17ClFN3O3. The number of carbonyl (C=O) groups is 1. The van der Waals surface area contributed by atoms with Crippen molar-refractivity contribution in [3.63, 3.8) is 0 Å². The number of anilines is 1. The number of rotatable bonds is 6. The summed E-state index contributed by atoms with van der Waals surface area (Å²) in [6, 6.07) is 9.76. The number of amides is 1. The van der Waals surface area contributed by atoms with Crippen molar-refractivity contribution >= 4 is 28.9 Å². The Hall–Kier alpha value is -2.51. The standard InChI is InChI=1S/C17H17ClFN3O3/c1-10(12-3-5-13(18)6-4-12)20-11(2)17(23)21-14-7-8-15(19)16(9-14)22(24)25/h3-11,20H,1-2H3,(H,21,23)/t10-,11-/m0/s1. The average molecular weight is 366 g/mol. The van der Waals surface area contributed by atoms with Crippen LogP contribution in [0, 0.1) is 15.9 Å². The highest BCUT2D eigenvalue weighted by molar-refractivity contribution is 6.30. The van der Waals surface area contributed by atoms with Gasteiger partial charge in [0.1, 0.15) is 0 Å². The molecule has 6 nitrogen and oxygen atoms in total. The van der Waals surface area contributed by atoms with E-state index >= 15 is 0 Å². The summed E-state index contributed by atoms with van der Waals surface area (Å²) in [5.41, 5.74) is 0.431. The van der Waals surface area contributed by atoms with Crippen LogP contribution >= 0.6 is 11.6 Å². The van der Waals surface area contributed by atoms with Crippen molar-refractivity contribution in [3.05, 3.63) is 69.0 Å². The average Bonchev–Trinajstić information content (AvgIpc) is 2.56. The van der Waals surface area contributed by atoms with Gasteiger partial charge >= 0.3 is 5.69 Å². The first-order valence-electron chi connectivity index (χ1n) is 7.54. The molecule has 0 radical (unpaired) electrons. The van der Waals surface area contributed by atoms with E-state index in [-0.39, 0.29) is 17.6 Å². The Morgan fingerprint density at radius 3 is 2.44 bits per heavy atom. The Bertz CT molecular complexity index is 783. The Balaban J connectivity index is 2.01. The van der Waals surface area contributed by atoms with E-state index in [2.05, 4.69) is 10.6 Å². The fourth-order valence-electron chi connectivity index (χ4n) is 2.28. The van der Waals surface area contributed by atoms with Gasteiger partial charge in [0.2, 0.25) is 11.7 Å². The summed E-state index contributed by atoms with van der Waals surface area (Å²) in [6.07, 6.45) is 0. The molecule has 2 atom stereocenters. The predicted molar refractivity (Wildman–Crippen MR) is 94.1 cm³/mol. The monoisotopic (exact) mass is 365 g/mol. The minimum absolute atomic E-state index is 0.111. The SMILES string of the molecule is C[C@H](N[C@@H](C)c1ccc(Cl)cc1)C(=O)Nc1ccc(F)c([N+](=O)[O-])c1. The van der Waals surface area contributed by atoms with E-state index in [1.807, 2.05) is 19.1 Å². The number of nitrogens with one attached hydrogen (secondary N) is 2. The number of halogens is 2. The summed E-state index contributed by atoms with van der Waals surface area (Å²) in [5, 5.41) is 17.0. The largest absolute Gasteiger partial charge is 0.324 e. The van der Waals surface area contributed by atoms with E-state index in [1.54, 1.807) is 19.1 Å². The maximum Gasteiger partial charge on any atom is 0.306 e. The van der Waals surface area contributed by atoms with Crippen LogP contribution in [0.1, 0.15) is 25.5 Å². The van der Waals surface area contributed by atoms with Crippen molar-refractivity contribution in [3.8, 4) is 0 Å². The molecule has 0 saturated carbocycles. The molecule has 0 spiro atoms. The highest BCUT2D eigenvalue weighted by atomic mass is 35.5. The third-order valence-corrected chi connectivity index (χ3v) is 3.93. The minimum Gasteiger partial charge on any atom is -0.324 e. The zero-order valence-electron chi connectivity index (χ0n) is 13.6. The quantitative estimate of drug-likeness (QED) is 0.597. The molecule has 0 aromatic heterocycles. The molecule has 0 fully saturated rings. The highest BCUT2D eigenvalue weighted by Gasteiger charge is 2.19. The summed E-state index contributed by atoms with van der Waals surface area (Å²) < 4.78 is 13.3. The second kappa shape index (κ2) is 8.04. The zero-order chi connectivity index (χ0) is 18.6. The number of nitro groups is 1. The van der Waals surface area contributed by atoms with Gasteiger partial charge in [-0.15, -0.1) is 0 Å². The van der Waals surface area contributed by atoms with Crippen molar-refractivity contribution in [2.24, 2.45) is 0 Å². The number of hydrogen-bond donors (Lipinski definition) is 2. The lowest BCUT2D eigenvalue weighted by atomic mass is 10.1. The summed E-state index contributed by atoms with van der Waals surface area (Å²) in [6.45, 7) is 3.56. The molecule has 0 heterocycles. The third kappa shape index (κ3) is 4.98. The number of nitro benzene ring substituents is 1. The lowest BCUT2D eigenvalue weighted by Gasteiger charge is -2.20. The second-order valence-corrected chi connectivity index (χ2v) is 6.01. The first-order chi connectivity index (χ1) is 11.8. The molecule has 0 unspecified atom stereocenters. The van der Waals surface area contributed by atoms with Crippen molar-refractivity contribution < 1.29 is 14.1 Å². The van der Waals surface area contributed by atoms with Crippen LogP contribution in [0.25, 0.3) is 0 Å². The van der Waals surface area contributed by atoms with E-state index < -0.39 is 22.5 Å². The molecule has 0 aliphatic carbocycles. The number of hydrogen-bond acceptors (Lipinski definition) is 4. The Kier molecular flexibility index (Phi) is 6.06. The topological polar surface area (TPSA) is 84.3 Å². The van der Waals surface area contributed by atoms with Gasteiger partial charge < -0.3 is 5.32 Å². The molecule has 25 heavy (non-hydrogen) atoms. The molecular weight excluding hydrogens is 349 g/mol. The van der Waals surface area contributed by atoms with Crippen LogP contribution in [0.3, 0.4) is 0 Å². The molecule has 2 aromatic carbocycles. The summed E-state index contributed by atoms with van der Waals surface area (Å²) in [5.74, 6) is -1.34. The minimum atomic E-state index is -0.953. The van der Waals surface area contributed by atoms with E-state index in [1.165, 1.54) is 6.07 Å². The van der Waals surface area contributed by atoms with Gasteiger partial charge in [0, 0.05) is 22.8 Å². The lowest BCUT2D eigenvalue weighted by Crippen LogP contribution is -2.39. The van der Waals surface area contributed by atoms with Crippen molar-refractivity contribution in [2.45, 2.75) is 25.9 Å². The molecule has 0 aliphatic heterocycles. The van der Waals surface area contributed by atoms with Gasteiger partial charge in [-0.25, -0.2) is 0 Å². The van der Waals surface area contributed by atoms with Crippen molar-refractivity contribution in [1.82, 2.24) is 5.32 Å². The molecule has 0 aliphatic rings. The first-order valence-corrected chi connectivity index (χ1v) is 7.92. The Labute approximate surface area is 149 Å². The van der Waals surface area contributed by atoms with E-state index in [4.69, 9.17) is 11.6 Å². The van der Waals surface area contributed by atoms with Crippen LogP contribution in [0.2, 0.25) is 5.02 Å². The van der Waals surface area contributed by atoms with Crippen LogP contribution in [-0.2, 0) is 4.79 Å². The van der Waals surface area contributed by atoms with Crippen LogP contribution < -0.4 is 10.6 Å². The maximum absolute atomic E-state index is 13.3. The van der Waals surface area contributed by atoms with Crippen LogP contribution in [-0.4, -0.2) is 16.9 Å². The second-order valence-electron chi connectivity index (χ2n) is 5.57. The van der Waals surface area contributed by atoms with E-state index in [0.29, 0.717) is 5.02 Å². The molecule has 2 rings (SSSR count). The van der Waals surface area contributed by atoms with Crippen molar-refractivity contribution in [1.29, 1.82) is 0 Å². The molecule has 1 amide bonds. The van der Waals surface area contributed by atoms with Gasteiger partial charge in [0.05, 0.1) is 11.0 Å². The summed E-state index contributed by atoms with van der Waals surface area (Å²) in [4.78, 5) is 22.2. The van der Waals surface area contributed by atoms with Gasteiger partial charge in [-0.2, -0.15) is 4.39 Å². The smallest absolute Gasteiger partial charge is 0.306 e. The van der Waals surface area contributed by atoms with Gasteiger partial charge in [0.25, 0.3) is 0 Å².